The summed E-state index contributed by atoms with van der Waals surface area (Å²) in [7, 11) is 0. The quantitative estimate of drug-likeness (QED) is 0.348. The summed E-state index contributed by atoms with van der Waals surface area (Å²) in [5, 5.41) is 11.0. The van der Waals surface area contributed by atoms with E-state index < -0.39 is 12.0 Å². The van der Waals surface area contributed by atoms with E-state index in [4.69, 9.17) is 5.11 Å². The summed E-state index contributed by atoms with van der Waals surface area (Å²) < 4.78 is 0. The Morgan fingerprint density at radius 3 is 2.33 bits per heavy atom. The topological polar surface area (TPSA) is 49.3 Å². The molecule has 3 nitrogen and oxygen atoms in total. The van der Waals surface area contributed by atoms with Crippen molar-refractivity contribution in [2.75, 3.05) is 11.6 Å². The summed E-state index contributed by atoms with van der Waals surface area (Å²) in [5.74, 6) is -0.244. The Labute approximate surface area is 64.6 Å². The van der Waals surface area contributed by atoms with Crippen molar-refractivity contribution < 1.29 is 9.90 Å². The summed E-state index contributed by atoms with van der Waals surface area (Å²) in [6, 6.07) is -0.578. The van der Waals surface area contributed by atoms with E-state index in [2.05, 4.69) is 30.6 Å². The van der Waals surface area contributed by atoms with E-state index in [1.54, 1.807) is 0 Å². The molecule has 9 heavy (non-hydrogen) atoms. The zero-order valence-corrected chi connectivity index (χ0v) is 6.53. The summed E-state index contributed by atoms with van der Waals surface area (Å²) in [5.41, 5.74) is 0. The van der Waals surface area contributed by atoms with Gasteiger partial charge in [0, 0.05) is 11.6 Å². The van der Waals surface area contributed by atoms with Crippen molar-refractivity contribution in [2.45, 2.75) is 6.04 Å². The maximum absolute atomic E-state index is 10.2. The smallest absolute Gasteiger partial charge is 0.321 e. The molecule has 0 fully saturated rings. The Morgan fingerprint density at radius 2 is 2.22 bits per heavy atom. The van der Waals surface area contributed by atoms with E-state index in [0.717, 1.165) is 0 Å². The van der Waals surface area contributed by atoms with E-state index in [-0.39, 0.29) is 5.75 Å². The first-order valence-electron chi connectivity index (χ1n) is 2.40. The van der Waals surface area contributed by atoms with Gasteiger partial charge in [0.15, 0.2) is 0 Å². The van der Waals surface area contributed by atoms with E-state index >= 15 is 0 Å². The molecule has 1 atom stereocenters. The largest absolute Gasteiger partial charge is 0.480 e. The third kappa shape index (κ3) is 3.66. The van der Waals surface area contributed by atoms with Gasteiger partial charge in [0.1, 0.15) is 6.04 Å². The van der Waals surface area contributed by atoms with E-state index in [9.17, 15) is 4.79 Å². The van der Waals surface area contributed by atoms with E-state index in [1.807, 2.05) is 0 Å². The van der Waals surface area contributed by atoms with Crippen LogP contribution in [0.2, 0.25) is 0 Å². The number of nitrogens with one attached hydrogen (secondary N) is 1. The van der Waals surface area contributed by atoms with Crippen LogP contribution in [0.3, 0.4) is 0 Å². The van der Waals surface area contributed by atoms with Crippen LogP contribution < -0.4 is 5.32 Å². The fraction of sp³-hybridized carbons (Fsp3) is 0.750. The minimum Gasteiger partial charge on any atom is -0.480 e. The Hall–Kier alpha value is 0.130. The Bertz CT molecular complexity index is 98.6. The molecule has 54 valence electrons. The van der Waals surface area contributed by atoms with Gasteiger partial charge in [-0.25, -0.2) is 0 Å². The number of thiol groups is 2. The minimum absolute atomic E-state index is 0.288. The standard InChI is InChI=1S/C4H9NO2S2/c6-4(7)3(1-8)5-2-9/h3,5,8-9H,1-2H2,(H,6,7)/t3-/m0/s1. The van der Waals surface area contributed by atoms with Crippen LogP contribution in [0.1, 0.15) is 0 Å². The normalized spacial score (nSPS) is 13.1. The predicted molar refractivity (Wildman–Crippen MR) is 42.3 cm³/mol. The highest BCUT2D eigenvalue weighted by atomic mass is 32.1. The van der Waals surface area contributed by atoms with Gasteiger partial charge in [-0.1, -0.05) is 0 Å². The van der Waals surface area contributed by atoms with Crippen molar-refractivity contribution in [1.29, 1.82) is 0 Å². The molecule has 0 heterocycles. The lowest BCUT2D eigenvalue weighted by Crippen LogP contribution is -2.37. The molecule has 0 aliphatic heterocycles. The Kier molecular flexibility index (Phi) is 5.03. The molecule has 0 saturated heterocycles. The average molecular weight is 167 g/mol. The number of carboxylic acid groups (broad SMARTS) is 1. The number of hydrogen-bond donors (Lipinski definition) is 4. The first-order chi connectivity index (χ1) is 4.22. The second kappa shape index (κ2) is 4.96. The average Bonchev–Trinajstić information content (AvgIpc) is 1.82. The maximum Gasteiger partial charge on any atom is 0.321 e. The zero-order valence-electron chi connectivity index (χ0n) is 4.74. The van der Waals surface area contributed by atoms with Gasteiger partial charge in [-0.15, -0.1) is 0 Å². The lowest BCUT2D eigenvalue weighted by molar-refractivity contribution is -0.138. The number of rotatable bonds is 4. The van der Waals surface area contributed by atoms with Crippen molar-refractivity contribution in [1.82, 2.24) is 5.32 Å². The molecular formula is C4H9NO2S2. The highest BCUT2D eigenvalue weighted by molar-refractivity contribution is 7.80. The number of carboxylic acids is 1. The van der Waals surface area contributed by atoms with Gasteiger partial charge >= 0.3 is 5.97 Å². The molecule has 0 spiro atoms. The molecule has 0 saturated carbocycles. The molecule has 5 heteroatoms. The first-order valence-corrected chi connectivity index (χ1v) is 3.66. The van der Waals surface area contributed by atoms with E-state index in [1.165, 1.54) is 0 Å². The highest BCUT2D eigenvalue weighted by Gasteiger charge is 2.12. The van der Waals surface area contributed by atoms with Crippen molar-refractivity contribution >= 4 is 31.2 Å². The molecule has 0 unspecified atom stereocenters. The Morgan fingerprint density at radius 1 is 1.67 bits per heavy atom. The predicted octanol–water partition coefficient (Wildman–Crippen LogP) is -0.154. The minimum atomic E-state index is -0.890. The third-order valence-electron chi connectivity index (χ3n) is 0.818. The van der Waals surface area contributed by atoms with Gasteiger partial charge in [-0.05, 0) is 0 Å². The molecule has 0 radical (unpaired) electrons. The van der Waals surface area contributed by atoms with Crippen LogP contribution in [0, 0.1) is 0 Å². The molecule has 0 aliphatic rings. The lowest BCUT2D eigenvalue weighted by Gasteiger charge is -2.07. The van der Waals surface area contributed by atoms with Crippen LogP contribution in [-0.2, 0) is 4.79 Å². The van der Waals surface area contributed by atoms with Crippen molar-refractivity contribution in [3.05, 3.63) is 0 Å². The molecule has 0 amide bonds. The molecule has 2 N–H and O–H groups in total. The summed E-state index contributed by atoms with van der Waals surface area (Å²) >= 11 is 7.61. The SMILES string of the molecule is O=C(O)[C@H](CS)NCS. The highest BCUT2D eigenvalue weighted by Crippen LogP contribution is 1.87. The molecule has 0 aromatic carbocycles. The monoisotopic (exact) mass is 167 g/mol. The van der Waals surface area contributed by atoms with Crippen molar-refractivity contribution in [3.8, 4) is 0 Å². The summed E-state index contributed by atoms with van der Waals surface area (Å²) in [6.07, 6.45) is 0. The maximum atomic E-state index is 10.2. The van der Waals surface area contributed by atoms with Crippen LogP contribution in [-0.4, -0.2) is 28.7 Å². The fourth-order valence-corrected chi connectivity index (χ4v) is 0.846. The zero-order chi connectivity index (χ0) is 7.28. The molecule has 0 bridgehead atoms. The Balaban J connectivity index is 3.54. The van der Waals surface area contributed by atoms with Gasteiger partial charge in [-0.3, -0.25) is 10.1 Å². The van der Waals surface area contributed by atoms with E-state index in [0.29, 0.717) is 5.88 Å². The van der Waals surface area contributed by atoms with Crippen LogP contribution in [0.4, 0.5) is 0 Å². The first kappa shape index (κ1) is 9.13. The molecule has 0 aromatic rings. The second-order valence-corrected chi connectivity index (χ2v) is 2.12. The van der Waals surface area contributed by atoms with Crippen molar-refractivity contribution in [3.63, 3.8) is 0 Å². The molecule has 0 rings (SSSR count). The number of aliphatic carboxylic acids is 1. The van der Waals surface area contributed by atoms with Crippen LogP contribution in [0.25, 0.3) is 0 Å². The van der Waals surface area contributed by atoms with Gasteiger partial charge in [0.2, 0.25) is 0 Å². The van der Waals surface area contributed by atoms with Crippen LogP contribution in [0.5, 0.6) is 0 Å². The van der Waals surface area contributed by atoms with Crippen LogP contribution in [0.15, 0.2) is 0 Å². The van der Waals surface area contributed by atoms with Gasteiger partial charge in [0.25, 0.3) is 0 Å². The molecule has 0 aromatic heterocycles. The second-order valence-electron chi connectivity index (χ2n) is 1.44. The number of hydrogen-bond acceptors (Lipinski definition) is 4. The third-order valence-corrected chi connectivity index (χ3v) is 1.37. The van der Waals surface area contributed by atoms with Gasteiger partial charge in [-0.2, -0.15) is 25.3 Å². The number of carbonyl (C=O) groups is 1. The van der Waals surface area contributed by atoms with Crippen LogP contribution >= 0.6 is 25.3 Å². The summed E-state index contributed by atoms with van der Waals surface area (Å²) in [4.78, 5) is 10.2. The van der Waals surface area contributed by atoms with Gasteiger partial charge in [0.05, 0.1) is 0 Å². The summed E-state index contributed by atoms with van der Waals surface area (Å²) in [6.45, 7) is 0. The molecule has 0 aliphatic carbocycles. The van der Waals surface area contributed by atoms with Gasteiger partial charge < -0.3 is 5.11 Å². The fourth-order valence-electron chi connectivity index (χ4n) is 0.340. The van der Waals surface area contributed by atoms with Crippen molar-refractivity contribution in [2.24, 2.45) is 0 Å². The molecular weight excluding hydrogens is 158 g/mol. The lowest BCUT2D eigenvalue weighted by atomic mass is 10.3.